The van der Waals surface area contributed by atoms with E-state index in [-0.39, 0.29) is 11.1 Å². The maximum absolute atomic E-state index is 13.7. The molecule has 0 aliphatic heterocycles. The van der Waals surface area contributed by atoms with Crippen molar-refractivity contribution in [3.8, 4) is 11.1 Å². The van der Waals surface area contributed by atoms with Crippen LogP contribution >= 0.6 is 0 Å². The van der Waals surface area contributed by atoms with Gasteiger partial charge in [-0.3, -0.25) is 0 Å². The van der Waals surface area contributed by atoms with E-state index >= 15 is 0 Å². The van der Waals surface area contributed by atoms with Gasteiger partial charge in [-0.25, -0.2) is 13.2 Å². The third-order valence-electron chi connectivity index (χ3n) is 2.37. The normalized spacial score (nSPS) is 9.67. The van der Waals surface area contributed by atoms with Crippen LogP contribution in [-0.4, -0.2) is 0 Å². The van der Waals surface area contributed by atoms with E-state index in [0.717, 1.165) is 18.2 Å². The van der Waals surface area contributed by atoms with Crippen LogP contribution < -0.4 is 0 Å². The first-order chi connectivity index (χ1) is 8.58. The molecule has 0 saturated carbocycles. The molecule has 2 aromatic rings. The van der Waals surface area contributed by atoms with Crippen molar-refractivity contribution in [3.05, 3.63) is 59.4 Å². The average molecular weight is 252 g/mol. The molecule has 96 valence electrons. The minimum atomic E-state index is -0.712. The second-order valence-electron chi connectivity index (χ2n) is 3.59. The number of halogens is 3. The van der Waals surface area contributed by atoms with Gasteiger partial charge in [-0.1, -0.05) is 32.0 Å². The smallest absolute Gasteiger partial charge is 0.133 e. The van der Waals surface area contributed by atoms with Gasteiger partial charge in [0, 0.05) is 11.6 Å². The first kappa shape index (κ1) is 14.3. The van der Waals surface area contributed by atoms with Crippen molar-refractivity contribution in [2.45, 2.75) is 20.8 Å². The maximum Gasteiger partial charge on any atom is 0.133 e. The van der Waals surface area contributed by atoms with Crippen LogP contribution in [0.1, 0.15) is 19.4 Å². The quantitative estimate of drug-likeness (QED) is 0.662. The molecule has 0 aromatic heterocycles. The molecule has 18 heavy (non-hydrogen) atoms. The van der Waals surface area contributed by atoms with Gasteiger partial charge in [0.2, 0.25) is 0 Å². The lowest BCUT2D eigenvalue weighted by Gasteiger charge is -2.06. The molecule has 0 radical (unpaired) electrons. The first-order valence-electron chi connectivity index (χ1n) is 5.79. The second kappa shape index (κ2) is 6.24. The highest BCUT2D eigenvalue weighted by Gasteiger charge is 2.09. The van der Waals surface area contributed by atoms with Gasteiger partial charge < -0.3 is 0 Å². The van der Waals surface area contributed by atoms with E-state index in [1.165, 1.54) is 6.07 Å². The van der Waals surface area contributed by atoms with Gasteiger partial charge in [0.15, 0.2) is 0 Å². The Hall–Kier alpha value is -1.77. The van der Waals surface area contributed by atoms with Gasteiger partial charge in [0.05, 0.1) is 0 Å². The van der Waals surface area contributed by atoms with E-state index in [4.69, 9.17) is 0 Å². The summed E-state index contributed by atoms with van der Waals surface area (Å²) < 4.78 is 39.7. The van der Waals surface area contributed by atoms with E-state index in [1.807, 2.05) is 13.8 Å². The van der Waals surface area contributed by atoms with Gasteiger partial charge in [0.25, 0.3) is 0 Å². The summed E-state index contributed by atoms with van der Waals surface area (Å²) in [7, 11) is 0. The molecule has 0 unspecified atom stereocenters. The highest BCUT2D eigenvalue weighted by Crippen LogP contribution is 2.26. The predicted octanol–water partition coefficient (Wildman–Crippen LogP) is 5.11. The molecule has 0 fully saturated rings. The van der Waals surface area contributed by atoms with E-state index in [2.05, 4.69) is 0 Å². The van der Waals surface area contributed by atoms with Crippen LogP contribution in [0.15, 0.2) is 36.4 Å². The number of benzene rings is 2. The van der Waals surface area contributed by atoms with Crippen molar-refractivity contribution < 1.29 is 13.2 Å². The molecule has 0 amide bonds. The fourth-order valence-electron chi connectivity index (χ4n) is 1.58. The van der Waals surface area contributed by atoms with Gasteiger partial charge in [-0.15, -0.1) is 0 Å². The highest BCUT2D eigenvalue weighted by atomic mass is 19.1. The minimum Gasteiger partial charge on any atom is -0.207 e. The summed E-state index contributed by atoms with van der Waals surface area (Å²) in [6.07, 6.45) is 0. The predicted molar refractivity (Wildman–Crippen MR) is 67.8 cm³/mol. The summed E-state index contributed by atoms with van der Waals surface area (Å²) in [6, 6.07) is 7.74. The fraction of sp³-hybridized carbons (Fsp3) is 0.200. The number of hydrogen-bond donors (Lipinski definition) is 0. The zero-order valence-electron chi connectivity index (χ0n) is 10.6. The zero-order chi connectivity index (χ0) is 13.7. The molecule has 0 aliphatic rings. The van der Waals surface area contributed by atoms with E-state index < -0.39 is 17.5 Å². The lowest BCUT2D eigenvalue weighted by molar-refractivity contribution is 0.583. The Morgan fingerprint density at radius 2 is 1.39 bits per heavy atom. The third-order valence-corrected chi connectivity index (χ3v) is 2.37. The number of hydrogen-bond acceptors (Lipinski definition) is 0. The zero-order valence-corrected chi connectivity index (χ0v) is 10.6. The van der Waals surface area contributed by atoms with Crippen LogP contribution in [-0.2, 0) is 0 Å². The Morgan fingerprint density at radius 1 is 0.833 bits per heavy atom. The summed E-state index contributed by atoms with van der Waals surface area (Å²) >= 11 is 0. The van der Waals surface area contributed by atoms with Gasteiger partial charge in [0.1, 0.15) is 17.5 Å². The lowest BCUT2D eigenvalue weighted by Crippen LogP contribution is -1.90. The Labute approximate surface area is 105 Å². The van der Waals surface area contributed by atoms with Crippen molar-refractivity contribution in [1.29, 1.82) is 0 Å². The first-order valence-corrected chi connectivity index (χ1v) is 5.79. The summed E-state index contributed by atoms with van der Waals surface area (Å²) in [6.45, 7) is 5.61. The van der Waals surface area contributed by atoms with Crippen LogP contribution in [0.2, 0.25) is 0 Å². The van der Waals surface area contributed by atoms with Crippen LogP contribution in [0.5, 0.6) is 0 Å². The van der Waals surface area contributed by atoms with Crippen LogP contribution in [0.4, 0.5) is 13.2 Å². The van der Waals surface area contributed by atoms with E-state index in [9.17, 15) is 13.2 Å². The second-order valence-corrected chi connectivity index (χ2v) is 3.59. The van der Waals surface area contributed by atoms with Crippen molar-refractivity contribution in [1.82, 2.24) is 0 Å². The third kappa shape index (κ3) is 3.13. The summed E-state index contributed by atoms with van der Waals surface area (Å²) in [5, 5.41) is 0. The van der Waals surface area contributed by atoms with Crippen molar-refractivity contribution in [3.63, 3.8) is 0 Å². The number of rotatable bonds is 1. The SMILES string of the molecule is CC.Cc1cccc(-c2cc(F)cc(F)c2)c1F. The van der Waals surface area contributed by atoms with Crippen LogP contribution in [0.25, 0.3) is 11.1 Å². The molecule has 0 heterocycles. The highest BCUT2D eigenvalue weighted by molar-refractivity contribution is 5.65. The van der Waals surface area contributed by atoms with Gasteiger partial charge >= 0.3 is 0 Å². The Kier molecular flexibility index (Phi) is 4.95. The topological polar surface area (TPSA) is 0 Å². The summed E-state index contributed by atoms with van der Waals surface area (Å²) in [5.74, 6) is -1.88. The largest absolute Gasteiger partial charge is 0.207 e. The van der Waals surface area contributed by atoms with Crippen LogP contribution in [0.3, 0.4) is 0 Å². The monoisotopic (exact) mass is 252 g/mol. The minimum absolute atomic E-state index is 0.207. The Balaban J connectivity index is 0.000000771. The molecule has 0 aliphatic carbocycles. The molecule has 3 heteroatoms. The summed E-state index contributed by atoms with van der Waals surface area (Å²) in [4.78, 5) is 0. The van der Waals surface area contributed by atoms with E-state index in [0.29, 0.717) is 5.56 Å². The molecule has 0 N–H and O–H groups in total. The maximum atomic E-state index is 13.7. The van der Waals surface area contributed by atoms with Gasteiger partial charge in [-0.05, 0) is 30.2 Å². The molecule has 0 saturated heterocycles. The molecular weight excluding hydrogens is 237 g/mol. The molecule has 0 nitrogen and oxygen atoms in total. The van der Waals surface area contributed by atoms with Crippen molar-refractivity contribution in [2.24, 2.45) is 0 Å². The standard InChI is InChI=1S/C13H9F3.C2H6/c1-8-3-2-4-12(13(8)16)9-5-10(14)7-11(15)6-9;1-2/h2-7H,1H3;1-2H3. The van der Waals surface area contributed by atoms with E-state index in [1.54, 1.807) is 19.1 Å². The fourth-order valence-corrected chi connectivity index (χ4v) is 1.58. The molecule has 2 rings (SSSR count). The molecule has 0 spiro atoms. The van der Waals surface area contributed by atoms with Crippen LogP contribution in [0, 0.1) is 24.4 Å². The molecule has 2 aromatic carbocycles. The Bertz CT molecular complexity index is 513. The summed E-state index contributed by atoms with van der Waals surface area (Å²) in [5.41, 5.74) is 0.860. The van der Waals surface area contributed by atoms with Crippen molar-refractivity contribution in [2.75, 3.05) is 0 Å². The van der Waals surface area contributed by atoms with Crippen molar-refractivity contribution >= 4 is 0 Å². The Morgan fingerprint density at radius 3 is 1.94 bits per heavy atom. The average Bonchev–Trinajstić information content (AvgIpc) is 2.34. The lowest BCUT2D eigenvalue weighted by atomic mass is 10.0. The van der Waals surface area contributed by atoms with Gasteiger partial charge in [-0.2, -0.15) is 0 Å². The molecular formula is C15H15F3. The number of aryl methyl sites for hydroxylation is 1. The molecule has 0 bridgehead atoms. The molecule has 0 atom stereocenters.